The summed E-state index contributed by atoms with van der Waals surface area (Å²) in [6, 6.07) is 4.74. The molecular formula is C31H41ClN2O5S. The Kier molecular flexibility index (Phi) is 9.74. The Morgan fingerprint density at radius 3 is 2.67 bits per heavy atom. The van der Waals surface area contributed by atoms with E-state index in [1.54, 1.807) is 33.7 Å². The molecule has 3 heterocycles. The molecular weight excluding hydrogens is 548 g/mol. The fraction of sp³-hybridized carbons (Fsp3) is 0.581. The lowest BCUT2D eigenvalue weighted by Gasteiger charge is -2.37. The van der Waals surface area contributed by atoms with Gasteiger partial charge < -0.3 is 19.6 Å². The number of amides is 2. The Morgan fingerprint density at radius 1 is 1.23 bits per heavy atom. The number of aliphatic hydroxyl groups excluding tert-OH is 1. The number of likely N-dealkylation sites (tertiary alicyclic amines) is 1. The van der Waals surface area contributed by atoms with Crippen molar-refractivity contribution in [3.8, 4) is 0 Å². The first-order valence-corrected chi connectivity index (χ1v) is 15.4. The molecule has 3 saturated heterocycles. The van der Waals surface area contributed by atoms with Gasteiger partial charge in [0.15, 0.2) is 0 Å². The maximum Gasteiger partial charge on any atom is 0.311 e. The van der Waals surface area contributed by atoms with Crippen molar-refractivity contribution in [2.75, 3.05) is 31.2 Å². The van der Waals surface area contributed by atoms with Crippen molar-refractivity contribution < 1.29 is 24.2 Å². The number of para-hydroxylation sites is 1. The minimum atomic E-state index is -0.767. The van der Waals surface area contributed by atoms with Gasteiger partial charge in [0.2, 0.25) is 5.91 Å². The SMILES string of the molecule is C=CCCCCOC(=O)[C@H]1[C@H]2C(=O)N(CCCCO)C(C(=O)N(CC=C)c3c(C)cccc3Cl)C23CC[C@]1(C)S3. The zero-order valence-corrected chi connectivity index (χ0v) is 25.1. The van der Waals surface area contributed by atoms with E-state index < -0.39 is 27.4 Å². The van der Waals surface area contributed by atoms with Crippen molar-refractivity contribution in [2.45, 2.75) is 74.3 Å². The predicted molar refractivity (Wildman–Crippen MR) is 161 cm³/mol. The van der Waals surface area contributed by atoms with E-state index in [-0.39, 0.29) is 30.9 Å². The van der Waals surface area contributed by atoms with E-state index in [0.717, 1.165) is 31.2 Å². The first-order chi connectivity index (χ1) is 19.2. The summed E-state index contributed by atoms with van der Waals surface area (Å²) in [5, 5.41) is 9.88. The molecule has 3 aliphatic heterocycles. The molecule has 40 heavy (non-hydrogen) atoms. The second-order valence-corrected chi connectivity index (χ2v) is 13.6. The highest BCUT2D eigenvalue weighted by molar-refractivity contribution is 8.02. The number of ether oxygens (including phenoxy) is 1. The molecule has 7 nitrogen and oxygen atoms in total. The number of rotatable bonds is 14. The van der Waals surface area contributed by atoms with Gasteiger partial charge in [-0.2, -0.15) is 0 Å². The molecule has 1 aromatic carbocycles. The molecule has 2 unspecified atom stereocenters. The topological polar surface area (TPSA) is 87.1 Å². The molecule has 4 rings (SSSR count). The number of thioether (sulfide) groups is 1. The van der Waals surface area contributed by atoms with E-state index in [1.165, 1.54) is 0 Å². The van der Waals surface area contributed by atoms with Crippen LogP contribution in [0.2, 0.25) is 5.02 Å². The number of carbonyl (C=O) groups excluding carboxylic acids is 3. The van der Waals surface area contributed by atoms with Crippen molar-refractivity contribution in [1.82, 2.24) is 4.90 Å². The van der Waals surface area contributed by atoms with Gasteiger partial charge in [0, 0.05) is 24.4 Å². The molecule has 2 bridgehead atoms. The number of esters is 1. The molecule has 3 fully saturated rings. The van der Waals surface area contributed by atoms with E-state index in [2.05, 4.69) is 13.2 Å². The monoisotopic (exact) mass is 588 g/mol. The number of hydrogen-bond acceptors (Lipinski definition) is 6. The molecule has 0 aliphatic carbocycles. The molecule has 2 amide bonds. The minimum absolute atomic E-state index is 0.00421. The van der Waals surface area contributed by atoms with Crippen LogP contribution in [0.1, 0.15) is 57.4 Å². The van der Waals surface area contributed by atoms with Gasteiger partial charge in [0.1, 0.15) is 6.04 Å². The second-order valence-electron chi connectivity index (χ2n) is 11.3. The third-order valence-corrected chi connectivity index (χ3v) is 10.9. The van der Waals surface area contributed by atoms with Crippen molar-refractivity contribution in [1.29, 1.82) is 0 Å². The quantitative estimate of drug-likeness (QED) is 0.180. The predicted octanol–water partition coefficient (Wildman–Crippen LogP) is 5.32. The highest BCUT2D eigenvalue weighted by Gasteiger charge is 2.77. The second kappa shape index (κ2) is 12.7. The van der Waals surface area contributed by atoms with Crippen LogP contribution in [-0.2, 0) is 19.1 Å². The lowest BCUT2D eigenvalue weighted by Crippen LogP contribution is -2.55. The van der Waals surface area contributed by atoms with Gasteiger partial charge in [0.05, 0.1) is 33.9 Å². The number of hydrogen-bond donors (Lipinski definition) is 1. The summed E-state index contributed by atoms with van der Waals surface area (Å²) in [7, 11) is 0. The first-order valence-electron chi connectivity index (χ1n) is 14.2. The molecule has 1 N–H and O–H groups in total. The number of halogens is 1. The van der Waals surface area contributed by atoms with Crippen molar-refractivity contribution in [2.24, 2.45) is 11.8 Å². The third kappa shape index (κ3) is 5.35. The zero-order valence-electron chi connectivity index (χ0n) is 23.6. The largest absolute Gasteiger partial charge is 0.465 e. The Bertz CT molecular complexity index is 1140. The third-order valence-electron chi connectivity index (χ3n) is 8.65. The van der Waals surface area contributed by atoms with Crippen molar-refractivity contribution in [3.63, 3.8) is 0 Å². The number of carbonyl (C=O) groups is 3. The Hall–Kier alpha value is -2.29. The van der Waals surface area contributed by atoms with E-state index in [4.69, 9.17) is 16.3 Å². The summed E-state index contributed by atoms with van der Waals surface area (Å²) in [6.45, 7) is 12.4. The number of fused-ring (bicyclic) bond motifs is 1. The van der Waals surface area contributed by atoms with Crippen LogP contribution in [0.5, 0.6) is 0 Å². The van der Waals surface area contributed by atoms with Crippen LogP contribution in [0, 0.1) is 18.8 Å². The first kappa shape index (κ1) is 30.7. The van der Waals surface area contributed by atoms with Crippen molar-refractivity contribution >= 4 is 46.8 Å². The Morgan fingerprint density at radius 2 is 2.00 bits per heavy atom. The fourth-order valence-corrected chi connectivity index (χ4v) is 9.55. The van der Waals surface area contributed by atoms with E-state index in [0.29, 0.717) is 43.1 Å². The standard InChI is InChI=1S/C31H41ClN2O5S/c1-5-7-8-11-20-39-29(38)24-23-27(36)34(18-9-10-19-35)26(31(23)16-15-30(24,4)40-31)28(37)33(17-6-2)25-21(3)13-12-14-22(25)32/h5-6,12-14,23-24,26,35H,1-2,7-11,15-20H2,3-4H3/t23-,24+,26?,30-,31?/m0/s1. The van der Waals surface area contributed by atoms with Crippen LogP contribution in [0.15, 0.2) is 43.5 Å². The van der Waals surface area contributed by atoms with Gasteiger partial charge in [-0.1, -0.05) is 35.9 Å². The summed E-state index contributed by atoms with van der Waals surface area (Å²) in [5.74, 6) is -1.99. The van der Waals surface area contributed by atoms with Gasteiger partial charge in [-0.3, -0.25) is 14.4 Å². The summed E-state index contributed by atoms with van der Waals surface area (Å²) >= 11 is 8.25. The average molecular weight is 589 g/mol. The van der Waals surface area contributed by atoms with E-state index >= 15 is 0 Å². The fourth-order valence-electron chi connectivity index (χ4n) is 6.88. The minimum Gasteiger partial charge on any atom is -0.465 e. The van der Waals surface area contributed by atoms with Gasteiger partial charge in [-0.15, -0.1) is 24.9 Å². The summed E-state index contributed by atoms with van der Waals surface area (Å²) in [4.78, 5) is 45.7. The number of aliphatic hydroxyl groups is 1. The molecule has 218 valence electrons. The number of allylic oxidation sites excluding steroid dienone is 1. The van der Waals surface area contributed by atoms with Gasteiger partial charge in [0.25, 0.3) is 5.91 Å². The maximum absolute atomic E-state index is 14.6. The molecule has 1 spiro atoms. The van der Waals surface area contributed by atoms with Crippen LogP contribution >= 0.6 is 23.4 Å². The molecule has 1 aromatic rings. The molecule has 0 saturated carbocycles. The van der Waals surface area contributed by atoms with E-state index in [9.17, 15) is 19.5 Å². The number of benzene rings is 1. The number of aryl methyl sites for hydroxylation is 1. The summed E-state index contributed by atoms with van der Waals surface area (Å²) in [6.07, 6.45) is 8.44. The van der Waals surface area contributed by atoms with Crippen LogP contribution in [0.4, 0.5) is 5.69 Å². The van der Waals surface area contributed by atoms with Crippen LogP contribution < -0.4 is 4.90 Å². The molecule has 0 aromatic heterocycles. The molecule has 3 aliphatic rings. The Balaban J connectivity index is 1.72. The summed E-state index contributed by atoms with van der Waals surface area (Å²) in [5.41, 5.74) is 1.46. The smallest absolute Gasteiger partial charge is 0.311 e. The van der Waals surface area contributed by atoms with Gasteiger partial charge in [-0.05, 0) is 70.4 Å². The van der Waals surface area contributed by atoms with Crippen LogP contribution in [-0.4, -0.2) is 69.6 Å². The van der Waals surface area contributed by atoms with Crippen LogP contribution in [0.3, 0.4) is 0 Å². The lowest BCUT2D eigenvalue weighted by atomic mass is 9.66. The number of anilines is 1. The molecule has 9 heteroatoms. The highest BCUT2D eigenvalue weighted by atomic mass is 35.5. The average Bonchev–Trinajstić information content (AvgIpc) is 3.48. The summed E-state index contributed by atoms with van der Waals surface area (Å²) < 4.78 is 4.51. The van der Waals surface area contributed by atoms with Crippen molar-refractivity contribution in [3.05, 3.63) is 54.1 Å². The molecule has 0 radical (unpaired) electrons. The maximum atomic E-state index is 14.6. The molecule has 5 atom stereocenters. The van der Waals surface area contributed by atoms with Gasteiger partial charge >= 0.3 is 5.97 Å². The lowest BCUT2D eigenvalue weighted by molar-refractivity contribution is -0.155. The van der Waals surface area contributed by atoms with Crippen LogP contribution in [0.25, 0.3) is 0 Å². The van der Waals surface area contributed by atoms with E-state index in [1.807, 2.05) is 32.1 Å². The number of unbranched alkanes of at least 4 members (excludes halogenated alkanes) is 3. The Labute approximate surface area is 246 Å². The zero-order chi connectivity index (χ0) is 29.1. The number of nitrogens with zero attached hydrogens (tertiary/aromatic N) is 2. The van der Waals surface area contributed by atoms with Gasteiger partial charge in [-0.25, -0.2) is 0 Å². The normalized spacial score (nSPS) is 28.4. The highest BCUT2D eigenvalue weighted by Crippen LogP contribution is 2.71.